The van der Waals surface area contributed by atoms with Crippen molar-refractivity contribution in [3.05, 3.63) is 5.82 Å². The van der Waals surface area contributed by atoms with Crippen molar-refractivity contribution < 1.29 is 0 Å². The van der Waals surface area contributed by atoms with Crippen molar-refractivity contribution in [1.82, 2.24) is 14.8 Å². The highest BCUT2D eigenvalue weighted by Crippen LogP contribution is 2.51. The van der Waals surface area contributed by atoms with Crippen LogP contribution in [0.5, 0.6) is 0 Å². The van der Waals surface area contributed by atoms with Crippen molar-refractivity contribution >= 4 is 5.95 Å². The van der Waals surface area contributed by atoms with Gasteiger partial charge in [0.25, 0.3) is 0 Å². The Kier molecular flexibility index (Phi) is 2.45. The summed E-state index contributed by atoms with van der Waals surface area (Å²) in [6, 6.07) is 0.627. The van der Waals surface area contributed by atoms with Crippen LogP contribution >= 0.6 is 0 Å². The zero-order valence-electron chi connectivity index (χ0n) is 12.1. The molecule has 104 valence electrons. The Bertz CT molecular complexity index is 484. The summed E-state index contributed by atoms with van der Waals surface area (Å²) >= 11 is 0. The van der Waals surface area contributed by atoms with Crippen LogP contribution in [0.3, 0.4) is 0 Å². The van der Waals surface area contributed by atoms with Gasteiger partial charge in [-0.05, 0) is 51.4 Å². The van der Waals surface area contributed by atoms with Crippen molar-refractivity contribution in [3.63, 3.8) is 0 Å². The number of hydrogen-bond donors (Lipinski definition) is 0. The number of rotatable bonds is 3. The highest BCUT2D eigenvalue weighted by Gasteiger charge is 2.47. The largest absolute Gasteiger partial charge is 0.338 e. The Hall–Kier alpha value is -1.06. The van der Waals surface area contributed by atoms with Crippen molar-refractivity contribution in [2.75, 3.05) is 11.4 Å². The van der Waals surface area contributed by atoms with Crippen LogP contribution in [0.15, 0.2) is 0 Å². The second-order valence-electron chi connectivity index (χ2n) is 6.91. The quantitative estimate of drug-likeness (QED) is 0.838. The van der Waals surface area contributed by atoms with Crippen LogP contribution in [0, 0.1) is 5.41 Å². The van der Waals surface area contributed by atoms with E-state index in [4.69, 9.17) is 0 Å². The first-order chi connectivity index (χ1) is 9.22. The molecule has 19 heavy (non-hydrogen) atoms. The Morgan fingerprint density at radius 2 is 2.05 bits per heavy atom. The van der Waals surface area contributed by atoms with Gasteiger partial charge in [-0.15, -0.1) is 10.2 Å². The van der Waals surface area contributed by atoms with Crippen LogP contribution < -0.4 is 4.90 Å². The summed E-state index contributed by atoms with van der Waals surface area (Å²) in [6.07, 6.45) is 8.22. The third kappa shape index (κ3) is 1.72. The van der Waals surface area contributed by atoms with Gasteiger partial charge in [0.1, 0.15) is 5.82 Å². The molecule has 0 N–H and O–H groups in total. The standard InChI is InChI=1S/C15H24N4/c1-3-18-13(12-5-6-12)16-17-14(18)19-10-15(7-4-8-15)9-11(19)2/h11-12H,3-10H2,1-2H3. The van der Waals surface area contributed by atoms with E-state index in [1.165, 1.54) is 50.9 Å². The molecule has 1 aliphatic heterocycles. The lowest BCUT2D eigenvalue weighted by molar-refractivity contribution is 0.161. The van der Waals surface area contributed by atoms with Gasteiger partial charge in [0.05, 0.1) is 0 Å². The normalized spacial score (nSPS) is 28.9. The molecule has 2 saturated carbocycles. The van der Waals surface area contributed by atoms with Gasteiger partial charge in [0, 0.05) is 25.0 Å². The van der Waals surface area contributed by atoms with Crippen LogP contribution in [0.4, 0.5) is 5.95 Å². The molecular formula is C15H24N4. The molecule has 4 nitrogen and oxygen atoms in total. The Morgan fingerprint density at radius 1 is 1.26 bits per heavy atom. The molecule has 1 saturated heterocycles. The SMILES string of the molecule is CCn1c(C2CC2)nnc1N1CC2(CCC2)CC1C. The van der Waals surface area contributed by atoms with Gasteiger partial charge in [-0.25, -0.2) is 0 Å². The maximum absolute atomic E-state index is 4.54. The summed E-state index contributed by atoms with van der Waals surface area (Å²) in [6.45, 7) is 6.79. The molecule has 3 aliphatic rings. The fourth-order valence-corrected chi connectivity index (χ4v) is 4.09. The Balaban J connectivity index is 1.64. The molecule has 0 radical (unpaired) electrons. The Labute approximate surface area is 115 Å². The summed E-state index contributed by atoms with van der Waals surface area (Å²) in [5.41, 5.74) is 0.615. The van der Waals surface area contributed by atoms with Crippen molar-refractivity contribution in [2.45, 2.75) is 70.9 Å². The monoisotopic (exact) mass is 260 g/mol. The number of anilines is 1. The summed E-state index contributed by atoms with van der Waals surface area (Å²) < 4.78 is 2.37. The van der Waals surface area contributed by atoms with Crippen molar-refractivity contribution in [2.24, 2.45) is 5.41 Å². The van der Waals surface area contributed by atoms with E-state index in [0.717, 1.165) is 12.5 Å². The lowest BCUT2D eigenvalue weighted by Crippen LogP contribution is -2.35. The third-order valence-electron chi connectivity index (χ3n) is 5.46. The minimum Gasteiger partial charge on any atom is -0.338 e. The molecule has 4 heteroatoms. The fourth-order valence-electron chi connectivity index (χ4n) is 4.09. The first-order valence-corrected chi connectivity index (χ1v) is 7.92. The number of nitrogens with zero attached hydrogens (tertiary/aromatic N) is 4. The van der Waals surface area contributed by atoms with Gasteiger partial charge in [-0.1, -0.05) is 6.42 Å². The lowest BCUT2D eigenvalue weighted by Gasteiger charge is -2.38. The summed E-state index contributed by atoms with van der Waals surface area (Å²) in [5.74, 6) is 3.07. The van der Waals surface area contributed by atoms with Crippen LogP contribution in [-0.4, -0.2) is 27.4 Å². The molecule has 2 aliphatic carbocycles. The summed E-state index contributed by atoms with van der Waals surface area (Å²) in [5, 5.41) is 9.03. The van der Waals surface area contributed by atoms with E-state index >= 15 is 0 Å². The number of hydrogen-bond acceptors (Lipinski definition) is 3. The minimum absolute atomic E-state index is 0.615. The predicted molar refractivity (Wildman–Crippen MR) is 75.4 cm³/mol. The van der Waals surface area contributed by atoms with Crippen LogP contribution in [0.1, 0.15) is 64.1 Å². The maximum Gasteiger partial charge on any atom is 0.227 e. The second-order valence-corrected chi connectivity index (χ2v) is 6.91. The highest BCUT2D eigenvalue weighted by atomic mass is 15.4. The fraction of sp³-hybridized carbons (Fsp3) is 0.867. The van der Waals surface area contributed by atoms with Gasteiger partial charge >= 0.3 is 0 Å². The number of aromatic nitrogens is 3. The van der Waals surface area contributed by atoms with E-state index in [-0.39, 0.29) is 0 Å². The van der Waals surface area contributed by atoms with Gasteiger partial charge in [0.15, 0.2) is 0 Å². The minimum atomic E-state index is 0.615. The zero-order valence-corrected chi connectivity index (χ0v) is 12.1. The molecule has 0 amide bonds. The lowest BCUT2D eigenvalue weighted by atomic mass is 9.68. The van der Waals surface area contributed by atoms with Crippen molar-refractivity contribution in [3.8, 4) is 0 Å². The van der Waals surface area contributed by atoms with Crippen LogP contribution in [0.2, 0.25) is 0 Å². The van der Waals surface area contributed by atoms with Gasteiger partial charge in [-0.2, -0.15) is 0 Å². The predicted octanol–water partition coefficient (Wildman–Crippen LogP) is 2.94. The first kappa shape index (κ1) is 11.7. The summed E-state index contributed by atoms with van der Waals surface area (Å²) in [4.78, 5) is 2.53. The molecule has 4 rings (SSSR count). The van der Waals surface area contributed by atoms with E-state index in [9.17, 15) is 0 Å². The molecular weight excluding hydrogens is 236 g/mol. The van der Waals surface area contributed by atoms with Crippen LogP contribution in [-0.2, 0) is 6.54 Å². The topological polar surface area (TPSA) is 34.0 Å². The zero-order chi connectivity index (χ0) is 13.0. The molecule has 1 aromatic heterocycles. The molecule has 1 unspecified atom stereocenters. The molecule has 0 bridgehead atoms. The average Bonchev–Trinajstić information content (AvgIpc) is 3.01. The van der Waals surface area contributed by atoms with Gasteiger partial charge in [0.2, 0.25) is 5.95 Å². The average molecular weight is 260 g/mol. The first-order valence-electron chi connectivity index (χ1n) is 7.92. The third-order valence-corrected chi connectivity index (χ3v) is 5.46. The maximum atomic E-state index is 4.54. The van der Waals surface area contributed by atoms with Gasteiger partial charge < -0.3 is 4.90 Å². The van der Waals surface area contributed by atoms with Crippen molar-refractivity contribution in [1.29, 1.82) is 0 Å². The van der Waals surface area contributed by atoms with E-state index in [0.29, 0.717) is 17.4 Å². The van der Waals surface area contributed by atoms with E-state index in [1.54, 1.807) is 0 Å². The smallest absolute Gasteiger partial charge is 0.227 e. The van der Waals surface area contributed by atoms with E-state index in [1.807, 2.05) is 0 Å². The molecule has 1 aromatic rings. The molecule has 1 spiro atoms. The van der Waals surface area contributed by atoms with Crippen LogP contribution in [0.25, 0.3) is 0 Å². The van der Waals surface area contributed by atoms with E-state index in [2.05, 4.69) is 33.5 Å². The van der Waals surface area contributed by atoms with Gasteiger partial charge in [-0.3, -0.25) is 4.57 Å². The second kappa shape index (κ2) is 3.97. The highest BCUT2D eigenvalue weighted by molar-refractivity contribution is 5.37. The molecule has 2 heterocycles. The Morgan fingerprint density at radius 3 is 2.58 bits per heavy atom. The molecule has 1 atom stereocenters. The molecule has 0 aromatic carbocycles. The summed E-state index contributed by atoms with van der Waals surface area (Å²) in [7, 11) is 0. The molecule has 3 fully saturated rings. The van der Waals surface area contributed by atoms with E-state index < -0.39 is 0 Å².